The molecule has 1 aliphatic heterocycles. The molecule has 1 heterocycles. The van der Waals surface area contributed by atoms with E-state index in [0.717, 1.165) is 0 Å². The smallest absolute Gasteiger partial charge is 0.308 e. The summed E-state index contributed by atoms with van der Waals surface area (Å²) >= 11 is 0. The molecule has 1 saturated heterocycles. The standard InChI is InChI=1S/C10H20N2O6S/c1-18-10(15)8-2-4-12(5-3-8)19(16,17)11-9(6-13)7-14/h8-9,11,13-14H,2-7H2,1H3. The van der Waals surface area contributed by atoms with Crippen LogP contribution in [0.15, 0.2) is 0 Å². The molecule has 0 unspecified atom stereocenters. The number of hydrogen-bond donors (Lipinski definition) is 3. The third kappa shape index (κ3) is 4.39. The number of hydrogen-bond acceptors (Lipinski definition) is 6. The Morgan fingerprint density at radius 2 is 1.89 bits per heavy atom. The highest BCUT2D eigenvalue weighted by molar-refractivity contribution is 7.87. The molecule has 1 aliphatic rings. The number of rotatable bonds is 6. The second-order valence-electron chi connectivity index (χ2n) is 4.38. The fourth-order valence-electron chi connectivity index (χ4n) is 1.92. The number of methoxy groups -OCH3 is 1. The Balaban J connectivity index is 2.56. The second-order valence-corrected chi connectivity index (χ2v) is 6.08. The molecule has 19 heavy (non-hydrogen) atoms. The van der Waals surface area contributed by atoms with Crippen molar-refractivity contribution < 1.29 is 28.2 Å². The van der Waals surface area contributed by atoms with Gasteiger partial charge in [0.2, 0.25) is 0 Å². The molecule has 0 aromatic carbocycles. The second kappa shape index (κ2) is 7.15. The van der Waals surface area contributed by atoms with Crippen LogP contribution in [0.1, 0.15) is 12.8 Å². The molecular weight excluding hydrogens is 276 g/mol. The number of ether oxygens (including phenoxy) is 1. The SMILES string of the molecule is COC(=O)C1CCN(S(=O)(=O)NC(CO)CO)CC1. The Kier molecular flexibility index (Phi) is 6.14. The quantitative estimate of drug-likeness (QED) is 0.491. The van der Waals surface area contributed by atoms with Gasteiger partial charge in [0, 0.05) is 13.1 Å². The third-order valence-corrected chi connectivity index (χ3v) is 4.76. The number of piperidine rings is 1. The lowest BCUT2D eigenvalue weighted by molar-refractivity contribution is -0.146. The number of carbonyl (C=O) groups is 1. The molecule has 0 amide bonds. The van der Waals surface area contributed by atoms with E-state index in [1.165, 1.54) is 11.4 Å². The van der Waals surface area contributed by atoms with Gasteiger partial charge in [0.1, 0.15) is 0 Å². The van der Waals surface area contributed by atoms with Gasteiger partial charge >= 0.3 is 5.97 Å². The van der Waals surface area contributed by atoms with Crippen LogP contribution in [0.4, 0.5) is 0 Å². The number of nitrogens with zero attached hydrogens (tertiary/aromatic N) is 1. The molecule has 0 spiro atoms. The Morgan fingerprint density at radius 1 is 1.37 bits per heavy atom. The molecule has 112 valence electrons. The predicted molar refractivity (Wildman–Crippen MR) is 66.3 cm³/mol. The van der Waals surface area contributed by atoms with E-state index in [-0.39, 0.29) is 25.0 Å². The van der Waals surface area contributed by atoms with Crippen molar-refractivity contribution in [3.8, 4) is 0 Å². The maximum absolute atomic E-state index is 11.9. The molecule has 8 nitrogen and oxygen atoms in total. The first kappa shape index (κ1) is 16.3. The molecular formula is C10H20N2O6S. The number of esters is 1. The lowest BCUT2D eigenvalue weighted by Gasteiger charge is -2.30. The summed E-state index contributed by atoms with van der Waals surface area (Å²) < 4.78 is 31.9. The molecule has 0 bridgehead atoms. The average molecular weight is 296 g/mol. The molecule has 0 saturated carbocycles. The topological polar surface area (TPSA) is 116 Å². The zero-order valence-corrected chi connectivity index (χ0v) is 11.6. The maximum atomic E-state index is 11.9. The van der Waals surface area contributed by atoms with Crippen LogP contribution in [-0.2, 0) is 19.7 Å². The van der Waals surface area contributed by atoms with Crippen molar-refractivity contribution in [2.24, 2.45) is 5.92 Å². The fourth-order valence-corrected chi connectivity index (χ4v) is 3.33. The van der Waals surface area contributed by atoms with Crippen LogP contribution in [0.25, 0.3) is 0 Å². The molecule has 0 radical (unpaired) electrons. The van der Waals surface area contributed by atoms with Crippen molar-refractivity contribution in [3.63, 3.8) is 0 Å². The van der Waals surface area contributed by atoms with E-state index in [2.05, 4.69) is 9.46 Å². The normalized spacial score (nSPS) is 18.7. The third-order valence-electron chi connectivity index (χ3n) is 3.08. The highest BCUT2D eigenvalue weighted by atomic mass is 32.2. The largest absolute Gasteiger partial charge is 0.469 e. The van der Waals surface area contributed by atoms with Crippen LogP contribution >= 0.6 is 0 Å². The first-order chi connectivity index (χ1) is 8.94. The van der Waals surface area contributed by atoms with Gasteiger partial charge in [-0.15, -0.1) is 0 Å². The number of aliphatic hydroxyl groups excluding tert-OH is 2. The average Bonchev–Trinajstić information content (AvgIpc) is 2.44. The Bertz CT molecular complexity index is 387. The summed E-state index contributed by atoms with van der Waals surface area (Å²) in [4.78, 5) is 11.3. The predicted octanol–water partition coefficient (Wildman–Crippen LogP) is -1.94. The van der Waals surface area contributed by atoms with Gasteiger partial charge < -0.3 is 14.9 Å². The highest BCUT2D eigenvalue weighted by Crippen LogP contribution is 2.20. The molecule has 1 rings (SSSR count). The summed E-state index contributed by atoms with van der Waals surface area (Å²) in [7, 11) is -2.45. The van der Waals surface area contributed by atoms with Crippen molar-refractivity contribution >= 4 is 16.2 Å². The number of carbonyl (C=O) groups excluding carboxylic acids is 1. The first-order valence-electron chi connectivity index (χ1n) is 6.01. The van der Waals surface area contributed by atoms with Crippen LogP contribution in [-0.4, -0.2) is 68.4 Å². The van der Waals surface area contributed by atoms with Gasteiger partial charge in [-0.05, 0) is 12.8 Å². The summed E-state index contributed by atoms with van der Waals surface area (Å²) in [5, 5.41) is 17.7. The van der Waals surface area contributed by atoms with Crippen LogP contribution in [0.3, 0.4) is 0 Å². The summed E-state index contributed by atoms with van der Waals surface area (Å²) in [6.07, 6.45) is 0.799. The summed E-state index contributed by atoms with van der Waals surface area (Å²) in [5.74, 6) is -0.600. The van der Waals surface area contributed by atoms with Crippen LogP contribution < -0.4 is 4.72 Å². The van der Waals surface area contributed by atoms with Crippen molar-refractivity contribution in [1.29, 1.82) is 0 Å². The lowest BCUT2D eigenvalue weighted by atomic mass is 9.99. The zero-order valence-electron chi connectivity index (χ0n) is 10.8. The van der Waals surface area contributed by atoms with Gasteiger partial charge in [-0.2, -0.15) is 17.4 Å². The van der Waals surface area contributed by atoms with Crippen LogP contribution in [0.2, 0.25) is 0 Å². The number of nitrogens with one attached hydrogen (secondary N) is 1. The van der Waals surface area contributed by atoms with Crippen molar-refractivity contribution in [2.45, 2.75) is 18.9 Å². The van der Waals surface area contributed by atoms with Crippen LogP contribution in [0, 0.1) is 5.92 Å². The summed E-state index contributed by atoms with van der Waals surface area (Å²) in [5.41, 5.74) is 0. The molecule has 0 atom stereocenters. The monoisotopic (exact) mass is 296 g/mol. The molecule has 0 aliphatic carbocycles. The van der Waals surface area contributed by atoms with Gasteiger partial charge in [0.25, 0.3) is 10.2 Å². The lowest BCUT2D eigenvalue weighted by Crippen LogP contribution is -2.50. The summed E-state index contributed by atoms with van der Waals surface area (Å²) in [6.45, 7) is -0.542. The van der Waals surface area contributed by atoms with Gasteiger partial charge in [-0.3, -0.25) is 4.79 Å². The van der Waals surface area contributed by atoms with E-state index in [9.17, 15) is 13.2 Å². The van der Waals surface area contributed by atoms with Gasteiger partial charge in [-0.25, -0.2) is 0 Å². The molecule has 0 aromatic heterocycles. The minimum Gasteiger partial charge on any atom is -0.469 e. The van der Waals surface area contributed by atoms with Crippen molar-refractivity contribution in [3.05, 3.63) is 0 Å². The number of aliphatic hydroxyl groups is 2. The minimum absolute atomic E-state index is 0.207. The van der Waals surface area contributed by atoms with E-state index >= 15 is 0 Å². The summed E-state index contributed by atoms with van der Waals surface area (Å²) in [6, 6.07) is -0.914. The van der Waals surface area contributed by atoms with Crippen molar-refractivity contribution in [2.75, 3.05) is 33.4 Å². The Labute approximate surface area is 112 Å². The minimum atomic E-state index is -3.75. The van der Waals surface area contributed by atoms with E-state index in [4.69, 9.17) is 10.2 Å². The zero-order chi connectivity index (χ0) is 14.5. The molecule has 3 N–H and O–H groups in total. The first-order valence-corrected chi connectivity index (χ1v) is 7.45. The van der Waals surface area contributed by atoms with E-state index < -0.39 is 29.5 Å². The van der Waals surface area contributed by atoms with E-state index in [1.54, 1.807) is 0 Å². The molecule has 0 aromatic rings. The van der Waals surface area contributed by atoms with Crippen molar-refractivity contribution in [1.82, 2.24) is 9.03 Å². The van der Waals surface area contributed by atoms with E-state index in [0.29, 0.717) is 12.8 Å². The molecule has 9 heteroatoms. The van der Waals surface area contributed by atoms with Gasteiger partial charge in [0.05, 0.1) is 32.3 Å². The molecule has 1 fully saturated rings. The van der Waals surface area contributed by atoms with E-state index in [1.807, 2.05) is 0 Å². The fraction of sp³-hybridized carbons (Fsp3) is 0.900. The Morgan fingerprint density at radius 3 is 2.32 bits per heavy atom. The van der Waals surface area contributed by atoms with Crippen LogP contribution in [0.5, 0.6) is 0 Å². The van der Waals surface area contributed by atoms with Gasteiger partial charge in [0.15, 0.2) is 0 Å². The maximum Gasteiger partial charge on any atom is 0.308 e. The Hall–Kier alpha value is -0.740. The van der Waals surface area contributed by atoms with Gasteiger partial charge in [-0.1, -0.05) is 0 Å². The highest BCUT2D eigenvalue weighted by Gasteiger charge is 2.32.